The summed E-state index contributed by atoms with van der Waals surface area (Å²) < 4.78 is 6.84. The molecule has 0 aliphatic heterocycles. The Morgan fingerprint density at radius 3 is 2.93 bits per heavy atom. The third-order valence-corrected chi connectivity index (χ3v) is 2.04. The van der Waals surface area contributed by atoms with E-state index in [1.54, 1.807) is 23.8 Å². The van der Waals surface area contributed by atoms with Gasteiger partial charge in [-0.2, -0.15) is 0 Å². The van der Waals surface area contributed by atoms with Crippen molar-refractivity contribution in [2.45, 2.75) is 6.92 Å². The number of carbonyl (C=O) groups excluding carboxylic acids is 1. The number of carbonyl (C=O) groups is 1. The average molecular weight is 190 g/mol. The van der Waals surface area contributed by atoms with E-state index in [4.69, 9.17) is 4.74 Å². The summed E-state index contributed by atoms with van der Waals surface area (Å²) >= 11 is 0. The van der Waals surface area contributed by atoms with E-state index in [0.717, 1.165) is 5.52 Å². The molecule has 4 nitrogen and oxygen atoms in total. The normalized spacial score (nSPS) is 10.4. The van der Waals surface area contributed by atoms with Crippen LogP contribution >= 0.6 is 0 Å². The second kappa shape index (κ2) is 3.14. The number of nitrogens with zero attached hydrogens (tertiary/aromatic N) is 2. The van der Waals surface area contributed by atoms with E-state index in [2.05, 4.69) is 4.98 Å². The Bertz CT molecular complexity index is 488. The molecule has 0 bridgehead atoms. The van der Waals surface area contributed by atoms with Gasteiger partial charge < -0.3 is 4.74 Å². The third-order valence-electron chi connectivity index (χ3n) is 2.04. The van der Waals surface area contributed by atoms with Crippen molar-refractivity contribution in [3.63, 3.8) is 0 Å². The van der Waals surface area contributed by atoms with Gasteiger partial charge in [0.05, 0.1) is 18.8 Å². The number of fused-ring (bicyclic) bond motifs is 1. The monoisotopic (exact) mass is 190 g/mol. The fourth-order valence-electron chi connectivity index (χ4n) is 1.43. The smallest absolute Gasteiger partial charge is 0.199 e. The minimum atomic E-state index is -0.0745. The van der Waals surface area contributed by atoms with Crippen LogP contribution in [-0.2, 0) is 0 Å². The number of ketones is 1. The molecule has 14 heavy (non-hydrogen) atoms. The van der Waals surface area contributed by atoms with E-state index in [0.29, 0.717) is 11.7 Å². The largest absolute Gasteiger partial charge is 0.482 e. The molecule has 0 amide bonds. The first kappa shape index (κ1) is 8.74. The highest BCUT2D eigenvalue weighted by Crippen LogP contribution is 2.16. The quantitative estimate of drug-likeness (QED) is 0.675. The predicted molar refractivity (Wildman–Crippen MR) is 51.7 cm³/mol. The zero-order chi connectivity index (χ0) is 10.1. The lowest BCUT2D eigenvalue weighted by Gasteiger charge is -2.04. The first-order chi connectivity index (χ1) is 6.74. The second-order valence-corrected chi connectivity index (χ2v) is 2.97. The van der Waals surface area contributed by atoms with Gasteiger partial charge in [-0.1, -0.05) is 6.07 Å². The highest BCUT2D eigenvalue weighted by molar-refractivity contribution is 5.91. The van der Waals surface area contributed by atoms with Crippen molar-refractivity contribution >= 4 is 11.3 Å². The molecule has 0 spiro atoms. The molecule has 0 aromatic carbocycles. The molecular weight excluding hydrogens is 180 g/mol. The summed E-state index contributed by atoms with van der Waals surface area (Å²) in [5.74, 6) is 0.942. The van der Waals surface area contributed by atoms with Gasteiger partial charge in [-0.3, -0.25) is 9.20 Å². The maximum Gasteiger partial charge on any atom is 0.199 e. The Morgan fingerprint density at radius 2 is 2.29 bits per heavy atom. The molecule has 72 valence electrons. The molecule has 0 saturated heterocycles. The fourth-order valence-corrected chi connectivity index (χ4v) is 1.43. The molecule has 0 N–H and O–H groups in total. The lowest BCUT2D eigenvalue weighted by Crippen LogP contribution is -2.03. The van der Waals surface area contributed by atoms with Gasteiger partial charge in [-0.25, -0.2) is 4.98 Å². The minimum Gasteiger partial charge on any atom is -0.482 e. The SMILES string of the molecule is COc1cccc2cnc(C(C)=O)n12. The highest BCUT2D eigenvalue weighted by Gasteiger charge is 2.10. The Balaban J connectivity index is 2.81. The average Bonchev–Trinajstić information content (AvgIpc) is 2.60. The first-order valence-electron chi connectivity index (χ1n) is 4.25. The predicted octanol–water partition coefficient (Wildman–Crippen LogP) is 1.55. The molecule has 0 saturated carbocycles. The summed E-state index contributed by atoms with van der Waals surface area (Å²) in [6.07, 6.45) is 1.65. The molecule has 0 fully saturated rings. The van der Waals surface area contributed by atoms with Crippen LogP contribution < -0.4 is 4.74 Å². The molecule has 0 radical (unpaired) electrons. The molecule has 2 heterocycles. The number of rotatable bonds is 2. The van der Waals surface area contributed by atoms with Gasteiger partial charge in [0.1, 0.15) is 0 Å². The summed E-state index contributed by atoms with van der Waals surface area (Å²) in [6, 6.07) is 5.53. The maximum absolute atomic E-state index is 11.2. The Labute approximate surface area is 81.1 Å². The molecule has 2 aromatic heterocycles. The van der Waals surface area contributed by atoms with Gasteiger partial charge in [-0.05, 0) is 12.1 Å². The number of Topliss-reactive ketones (excluding diaryl/α,β-unsaturated/α-hetero) is 1. The minimum absolute atomic E-state index is 0.0745. The van der Waals surface area contributed by atoms with E-state index < -0.39 is 0 Å². The van der Waals surface area contributed by atoms with E-state index >= 15 is 0 Å². The summed E-state index contributed by atoms with van der Waals surface area (Å²) in [4.78, 5) is 15.3. The highest BCUT2D eigenvalue weighted by atomic mass is 16.5. The van der Waals surface area contributed by atoms with Gasteiger partial charge in [-0.15, -0.1) is 0 Å². The third kappa shape index (κ3) is 1.16. The van der Waals surface area contributed by atoms with Crippen LogP contribution in [0.1, 0.15) is 17.5 Å². The lowest BCUT2D eigenvalue weighted by molar-refractivity contribution is 0.100. The molecule has 0 unspecified atom stereocenters. The van der Waals surface area contributed by atoms with Crippen molar-refractivity contribution in [2.75, 3.05) is 7.11 Å². The Kier molecular flexibility index (Phi) is 1.96. The van der Waals surface area contributed by atoms with Gasteiger partial charge >= 0.3 is 0 Å². The standard InChI is InChI=1S/C10H10N2O2/c1-7(13)10-11-6-8-4-3-5-9(14-2)12(8)10/h3-6H,1-2H3. The van der Waals surface area contributed by atoms with Crippen molar-refractivity contribution in [3.05, 3.63) is 30.2 Å². The van der Waals surface area contributed by atoms with E-state index in [-0.39, 0.29) is 5.78 Å². The molecule has 0 aliphatic carbocycles. The number of methoxy groups -OCH3 is 1. The second-order valence-electron chi connectivity index (χ2n) is 2.97. The van der Waals surface area contributed by atoms with Crippen LogP contribution in [0.2, 0.25) is 0 Å². The number of imidazole rings is 1. The van der Waals surface area contributed by atoms with Crippen LogP contribution in [0.4, 0.5) is 0 Å². The van der Waals surface area contributed by atoms with Crippen molar-refractivity contribution in [1.82, 2.24) is 9.38 Å². The van der Waals surface area contributed by atoms with Gasteiger partial charge in [0.25, 0.3) is 0 Å². The number of pyridine rings is 1. The van der Waals surface area contributed by atoms with Crippen molar-refractivity contribution in [1.29, 1.82) is 0 Å². The van der Waals surface area contributed by atoms with Gasteiger partial charge in [0, 0.05) is 6.92 Å². The number of hydrogen-bond acceptors (Lipinski definition) is 3. The molecule has 0 aliphatic rings. The number of ether oxygens (including phenoxy) is 1. The van der Waals surface area contributed by atoms with Gasteiger partial charge in [0.15, 0.2) is 17.5 Å². The molecular formula is C10H10N2O2. The van der Waals surface area contributed by atoms with Crippen LogP contribution in [-0.4, -0.2) is 22.3 Å². The lowest BCUT2D eigenvalue weighted by atomic mass is 10.4. The van der Waals surface area contributed by atoms with E-state index in [1.165, 1.54) is 6.92 Å². The molecule has 2 aromatic rings. The fraction of sp³-hybridized carbons (Fsp3) is 0.200. The van der Waals surface area contributed by atoms with Crippen molar-refractivity contribution in [3.8, 4) is 5.88 Å². The molecule has 2 rings (SSSR count). The summed E-state index contributed by atoms with van der Waals surface area (Å²) in [5.41, 5.74) is 0.856. The van der Waals surface area contributed by atoms with Crippen LogP contribution in [0, 0.1) is 0 Å². The zero-order valence-electron chi connectivity index (χ0n) is 8.02. The zero-order valence-corrected chi connectivity index (χ0v) is 8.02. The Morgan fingerprint density at radius 1 is 1.50 bits per heavy atom. The van der Waals surface area contributed by atoms with Crippen LogP contribution in [0.25, 0.3) is 5.52 Å². The first-order valence-corrected chi connectivity index (χ1v) is 4.25. The van der Waals surface area contributed by atoms with Gasteiger partial charge in [0.2, 0.25) is 0 Å². The molecule has 0 atom stereocenters. The van der Waals surface area contributed by atoms with E-state index in [1.807, 2.05) is 12.1 Å². The van der Waals surface area contributed by atoms with Crippen LogP contribution in [0.15, 0.2) is 24.4 Å². The topological polar surface area (TPSA) is 43.6 Å². The Hall–Kier alpha value is -1.84. The molecule has 4 heteroatoms. The van der Waals surface area contributed by atoms with Crippen molar-refractivity contribution < 1.29 is 9.53 Å². The summed E-state index contributed by atoms with van der Waals surface area (Å²) in [5, 5.41) is 0. The number of hydrogen-bond donors (Lipinski definition) is 0. The summed E-state index contributed by atoms with van der Waals surface area (Å²) in [6.45, 7) is 1.49. The van der Waals surface area contributed by atoms with E-state index in [9.17, 15) is 4.79 Å². The van der Waals surface area contributed by atoms with Crippen LogP contribution in [0.5, 0.6) is 5.88 Å². The summed E-state index contributed by atoms with van der Waals surface area (Å²) in [7, 11) is 1.57. The van der Waals surface area contributed by atoms with Crippen LogP contribution in [0.3, 0.4) is 0 Å². The maximum atomic E-state index is 11.2. The number of aromatic nitrogens is 2. The van der Waals surface area contributed by atoms with Crippen molar-refractivity contribution in [2.24, 2.45) is 0 Å².